The summed E-state index contributed by atoms with van der Waals surface area (Å²) in [5, 5.41) is 2.94. The summed E-state index contributed by atoms with van der Waals surface area (Å²) in [6.45, 7) is 7.05. The number of benzene rings is 1. The summed E-state index contributed by atoms with van der Waals surface area (Å²) < 4.78 is 12.5. The molecule has 2 rings (SSSR count). The van der Waals surface area contributed by atoms with Gasteiger partial charge in [0.25, 0.3) is 5.56 Å². The number of nitrogens with one attached hydrogen (secondary N) is 2. The zero-order valence-electron chi connectivity index (χ0n) is 17.6. The van der Waals surface area contributed by atoms with Gasteiger partial charge in [-0.05, 0) is 36.2 Å². The van der Waals surface area contributed by atoms with Gasteiger partial charge in [-0.1, -0.05) is 27.2 Å². The molecule has 0 aliphatic carbocycles. The van der Waals surface area contributed by atoms with Crippen molar-refractivity contribution in [2.45, 2.75) is 40.2 Å². The molecule has 0 fully saturated rings. The molecule has 7 nitrogen and oxygen atoms in total. The minimum Gasteiger partial charge on any atom is -0.497 e. The Bertz CT molecular complexity index is 979. The molecule has 1 aromatic carbocycles. The highest BCUT2D eigenvalue weighted by molar-refractivity contribution is 7.71. The van der Waals surface area contributed by atoms with Crippen molar-refractivity contribution in [1.29, 1.82) is 0 Å². The first-order chi connectivity index (χ1) is 13.7. The van der Waals surface area contributed by atoms with Crippen LogP contribution >= 0.6 is 12.2 Å². The van der Waals surface area contributed by atoms with Crippen LogP contribution in [0, 0.1) is 10.2 Å². The summed E-state index contributed by atoms with van der Waals surface area (Å²) in [5.74, 6) is 0.967. The first-order valence-electron chi connectivity index (χ1n) is 9.54. The van der Waals surface area contributed by atoms with E-state index in [1.165, 1.54) is 13.2 Å². The normalized spacial score (nSPS) is 11.2. The van der Waals surface area contributed by atoms with Gasteiger partial charge in [-0.2, -0.15) is 0 Å². The van der Waals surface area contributed by atoms with Crippen LogP contribution < -0.4 is 20.3 Å². The second-order valence-corrected chi connectivity index (χ2v) is 7.98. The van der Waals surface area contributed by atoms with E-state index in [2.05, 4.69) is 31.1 Å². The molecular formula is C21H29N3O4S. The molecule has 1 amide bonds. The second kappa shape index (κ2) is 9.73. The van der Waals surface area contributed by atoms with Crippen molar-refractivity contribution in [3.63, 3.8) is 0 Å². The van der Waals surface area contributed by atoms with E-state index in [1.807, 2.05) is 0 Å². The van der Waals surface area contributed by atoms with Gasteiger partial charge in [-0.25, -0.2) is 0 Å². The van der Waals surface area contributed by atoms with Crippen LogP contribution in [-0.4, -0.2) is 36.2 Å². The Morgan fingerprint density at radius 1 is 1.24 bits per heavy atom. The van der Waals surface area contributed by atoms with Crippen molar-refractivity contribution >= 4 is 18.1 Å². The van der Waals surface area contributed by atoms with Crippen molar-refractivity contribution in [1.82, 2.24) is 14.9 Å². The average Bonchev–Trinajstić information content (AvgIpc) is 2.69. The molecule has 8 heteroatoms. The van der Waals surface area contributed by atoms with Crippen LogP contribution in [0.2, 0.25) is 0 Å². The maximum absolute atomic E-state index is 12.5. The molecule has 0 aliphatic rings. The molecule has 0 unspecified atom stereocenters. The highest BCUT2D eigenvalue weighted by Crippen LogP contribution is 2.32. The average molecular weight is 420 g/mol. The molecule has 0 aliphatic heterocycles. The molecule has 1 heterocycles. The van der Waals surface area contributed by atoms with Crippen LogP contribution in [0.15, 0.2) is 29.1 Å². The Morgan fingerprint density at radius 3 is 2.59 bits per heavy atom. The summed E-state index contributed by atoms with van der Waals surface area (Å²) in [6, 6.07) is 6.67. The lowest BCUT2D eigenvalue weighted by molar-refractivity contribution is -0.121. The minimum absolute atomic E-state index is 0.00726. The topological polar surface area (TPSA) is 85.3 Å². The Morgan fingerprint density at radius 2 is 1.97 bits per heavy atom. The van der Waals surface area contributed by atoms with Gasteiger partial charge < -0.3 is 19.4 Å². The molecule has 29 heavy (non-hydrogen) atoms. The number of hydrogen-bond donors (Lipinski definition) is 2. The molecule has 158 valence electrons. The predicted octanol–water partition coefficient (Wildman–Crippen LogP) is 3.53. The standard InChI is InChI=1S/C21H29N3O4S/c1-6-21(2,3)9-10-22-19(26)13-24-16(12-18(25)23-20(24)29)15-8-7-14(27-4)11-17(15)28-5/h7-8,11-12H,6,9-10,13H2,1-5H3,(H,22,26)(H,23,25,29). The van der Waals surface area contributed by atoms with E-state index in [0.717, 1.165) is 12.8 Å². The number of hydrogen-bond acceptors (Lipinski definition) is 5. The van der Waals surface area contributed by atoms with Crippen LogP contribution in [0.5, 0.6) is 11.5 Å². The third-order valence-electron chi connectivity index (χ3n) is 5.10. The Labute approximate surface area is 176 Å². The van der Waals surface area contributed by atoms with E-state index in [4.69, 9.17) is 21.7 Å². The number of aromatic nitrogens is 2. The SMILES string of the molecule is CCC(C)(C)CCNC(=O)Cn1c(-c2ccc(OC)cc2OC)cc(=O)[nH]c1=S. The first-order valence-corrected chi connectivity index (χ1v) is 9.95. The summed E-state index contributed by atoms with van der Waals surface area (Å²) in [5.41, 5.74) is 0.973. The van der Waals surface area contributed by atoms with Crippen LogP contribution in [0.3, 0.4) is 0 Å². The molecule has 0 radical (unpaired) electrons. The minimum atomic E-state index is -0.343. The number of nitrogens with zero attached hydrogens (tertiary/aromatic N) is 1. The number of aromatic amines is 1. The smallest absolute Gasteiger partial charge is 0.252 e. The molecule has 0 spiro atoms. The summed E-state index contributed by atoms with van der Waals surface area (Å²) in [4.78, 5) is 27.2. The van der Waals surface area contributed by atoms with Gasteiger partial charge in [0.05, 0.1) is 19.9 Å². The number of rotatable bonds is 9. The van der Waals surface area contributed by atoms with E-state index in [1.54, 1.807) is 29.9 Å². The number of carbonyl (C=O) groups excluding carboxylic acids is 1. The highest BCUT2D eigenvalue weighted by Gasteiger charge is 2.17. The molecule has 0 bridgehead atoms. The van der Waals surface area contributed by atoms with Crippen molar-refractivity contribution in [3.05, 3.63) is 39.4 Å². The fourth-order valence-electron chi connectivity index (χ4n) is 2.83. The zero-order valence-corrected chi connectivity index (χ0v) is 18.4. The Balaban J connectivity index is 2.34. The van der Waals surface area contributed by atoms with Gasteiger partial charge in [0.15, 0.2) is 4.77 Å². The second-order valence-electron chi connectivity index (χ2n) is 7.59. The van der Waals surface area contributed by atoms with E-state index in [9.17, 15) is 9.59 Å². The van der Waals surface area contributed by atoms with Gasteiger partial charge in [0.1, 0.15) is 18.0 Å². The van der Waals surface area contributed by atoms with Crippen molar-refractivity contribution in [2.75, 3.05) is 20.8 Å². The molecule has 0 atom stereocenters. The fourth-order valence-corrected chi connectivity index (χ4v) is 3.09. The van der Waals surface area contributed by atoms with Gasteiger partial charge >= 0.3 is 0 Å². The third-order valence-corrected chi connectivity index (χ3v) is 5.42. The fraction of sp³-hybridized carbons (Fsp3) is 0.476. The lowest BCUT2D eigenvalue weighted by atomic mass is 9.87. The quantitative estimate of drug-likeness (QED) is 0.608. The molecule has 2 aromatic rings. The van der Waals surface area contributed by atoms with Crippen LogP contribution in [0.1, 0.15) is 33.6 Å². The summed E-state index contributed by atoms with van der Waals surface area (Å²) in [7, 11) is 3.10. The third kappa shape index (κ3) is 5.93. The van der Waals surface area contributed by atoms with Crippen molar-refractivity contribution in [3.8, 4) is 22.8 Å². The van der Waals surface area contributed by atoms with E-state index < -0.39 is 0 Å². The maximum atomic E-state index is 12.5. The number of ether oxygens (including phenoxy) is 2. The molecule has 0 saturated heterocycles. The number of H-pyrrole nitrogens is 1. The maximum Gasteiger partial charge on any atom is 0.252 e. The van der Waals surface area contributed by atoms with Gasteiger partial charge in [-0.3, -0.25) is 14.6 Å². The highest BCUT2D eigenvalue weighted by atomic mass is 32.1. The number of amides is 1. The van der Waals surface area contributed by atoms with Gasteiger partial charge in [-0.15, -0.1) is 0 Å². The largest absolute Gasteiger partial charge is 0.497 e. The van der Waals surface area contributed by atoms with Crippen LogP contribution in [0.25, 0.3) is 11.3 Å². The summed E-state index contributed by atoms with van der Waals surface area (Å²) in [6.07, 6.45) is 1.92. The monoisotopic (exact) mass is 419 g/mol. The van der Waals surface area contributed by atoms with E-state index in [0.29, 0.717) is 29.3 Å². The summed E-state index contributed by atoms with van der Waals surface area (Å²) >= 11 is 5.33. The molecule has 0 saturated carbocycles. The van der Waals surface area contributed by atoms with E-state index >= 15 is 0 Å². The van der Waals surface area contributed by atoms with Crippen molar-refractivity contribution < 1.29 is 14.3 Å². The van der Waals surface area contributed by atoms with Crippen molar-refractivity contribution in [2.24, 2.45) is 5.41 Å². The number of carbonyl (C=O) groups is 1. The van der Waals surface area contributed by atoms with Gasteiger partial charge in [0.2, 0.25) is 5.91 Å². The lowest BCUT2D eigenvalue weighted by Gasteiger charge is -2.22. The molecule has 1 aromatic heterocycles. The molecular weight excluding hydrogens is 390 g/mol. The molecule has 2 N–H and O–H groups in total. The van der Waals surface area contributed by atoms with Crippen LogP contribution in [0.4, 0.5) is 0 Å². The zero-order chi connectivity index (χ0) is 21.6. The van der Waals surface area contributed by atoms with Crippen LogP contribution in [-0.2, 0) is 11.3 Å². The predicted molar refractivity (Wildman–Crippen MR) is 116 cm³/mol. The van der Waals surface area contributed by atoms with E-state index in [-0.39, 0.29) is 28.2 Å². The lowest BCUT2D eigenvalue weighted by Crippen LogP contribution is -2.32. The first kappa shape index (κ1) is 22.7. The Hall–Kier alpha value is -2.61. The Kier molecular flexibility index (Phi) is 7.61. The van der Waals surface area contributed by atoms with Gasteiger partial charge in [0, 0.05) is 24.2 Å². The number of methoxy groups -OCH3 is 2.